The van der Waals surface area contributed by atoms with E-state index >= 15 is 0 Å². The summed E-state index contributed by atoms with van der Waals surface area (Å²) in [7, 11) is 4.24. The Hall–Kier alpha value is -4.18. The number of nitrogens with zero attached hydrogens (tertiary/aromatic N) is 3. The van der Waals surface area contributed by atoms with Crippen LogP contribution in [-0.2, 0) is 14.1 Å². The second-order valence-electron chi connectivity index (χ2n) is 9.40. The van der Waals surface area contributed by atoms with Crippen LogP contribution in [0.4, 0.5) is 0 Å². The molecule has 4 aromatic carbocycles. The second kappa shape index (κ2) is 7.95. The highest BCUT2D eigenvalue weighted by atomic mass is 16.3. The van der Waals surface area contributed by atoms with Crippen molar-refractivity contribution in [3.63, 3.8) is 0 Å². The first-order valence-corrected chi connectivity index (χ1v) is 11.9. The van der Waals surface area contributed by atoms with Crippen LogP contribution in [0.15, 0.2) is 83.3 Å². The fourth-order valence-corrected chi connectivity index (χ4v) is 5.40. The van der Waals surface area contributed by atoms with Crippen LogP contribution in [0.1, 0.15) is 16.7 Å². The smallest absolute Gasteiger partial charge is 0.292 e. The number of aryl methyl sites for hydroxylation is 5. The van der Waals surface area contributed by atoms with Crippen LogP contribution in [-0.4, -0.2) is 9.55 Å². The normalized spacial score (nSPS) is 11.6. The van der Waals surface area contributed by atoms with Gasteiger partial charge in [0.15, 0.2) is 16.6 Å². The van der Waals surface area contributed by atoms with Crippen molar-refractivity contribution in [2.24, 2.45) is 14.1 Å². The zero-order valence-electron chi connectivity index (χ0n) is 20.8. The Morgan fingerprint density at radius 1 is 0.743 bits per heavy atom. The molecule has 4 nitrogen and oxygen atoms in total. The third-order valence-electron chi connectivity index (χ3n) is 7.09. The van der Waals surface area contributed by atoms with Crippen LogP contribution in [0.3, 0.4) is 0 Å². The molecule has 0 saturated heterocycles. The highest BCUT2D eigenvalue weighted by Crippen LogP contribution is 2.37. The van der Waals surface area contributed by atoms with Crippen LogP contribution >= 0.6 is 0 Å². The van der Waals surface area contributed by atoms with Gasteiger partial charge in [0.1, 0.15) is 5.52 Å². The molecule has 0 aliphatic rings. The number of rotatable bonds is 3. The molecule has 0 aliphatic heterocycles. The Morgan fingerprint density at radius 3 is 2.14 bits per heavy atom. The van der Waals surface area contributed by atoms with E-state index < -0.39 is 0 Å². The molecule has 6 aromatic rings. The number of para-hydroxylation sites is 2. The van der Waals surface area contributed by atoms with E-state index in [1.807, 2.05) is 12.1 Å². The van der Waals surface area contributed by atoms with Crippen LogP contribution in [0.5, 0.6) is 0 Å². The first-order valence-electron chi connectivity index (χ1n) is 11.9. The van der Waals surface area contributed by atoms with Crippen LogP contribution in [0.25, 0.3) is 56.1 Å². The van der Waals surface area contributed by atoms with Gasteiger partial charge in [-0.1, -0.05) is 60.7 Å². The average molecular weight is 459 g/mol. The second-order valence-corrected chi connectivity index (χ2v) is 9.40. The molecule has 0 amide bonds. The number of aromatic nitrogens is 3. The van der Waals surface area contributed by atoms with Gasteiger partial charge >= 0.3 is 0 Å². The van der Waals surface area contributed by atoms with Gasteiger partial charge in [-0.25, -0.2) is 14.1 Å². The van der Waals surface area contributed by atoms with Crippen LogP contribution in [0.2, 0.25) is 0 Å². The fourth-order valence-electron chi connectivity index (χ4n) is 5.40. The van der Waals surface area contributed by atoms with Gasteiger partial charge in [-0.3, -0.25) is 0 Å². The summed E-state index contributed by atoms with van der Waals surface area (Å²) in [6.45, 7) is 6.42. The third-order valence-corrected chi connectivity index (χ3v) is 7.09. The Labute approximate surface area is 205 Å². The first kappa shape index (κ1) is 21.4. The molecule has 0 N–H and O–H groups in total. The molecule has 0 spiro atoms. The number of imidazole rings is 1. The minimum Gasteiger partial charge on any atom is -0.436 e. The Kier molecular flexibility index (Phi) is 4.85. The molecule has 35 heavy (non-hydrogen) atoms. The highest BCUT2D eigenvalue weighted by molar-refractivity contribution is 5.93. The summed E-state index contributed by atoms with van der Waals surface area (Å²) in [5.74, 6) is 1.78. The van der Waals surface area contributed by atoms with Gasteiger partial charge in [0.05, 0.1) is 19.7 Å². The molecular weight excluding hydrogens is 430 g/mol. The molecule has 0 saturated carbocycles. The molecular formula is C31H28N3O+. The van der Waals surface area contributed by atoms with Crippen molar-refractivity contribution in [3.8, 4) is 34.0 Å². The molecule has 0 fully saturated rings. The lowest BCUT2D eigenvalue weighted by atomic mass is 9.95. The van der Waals surface area contributed by atoms with E-state index in [0.29, 0.717) is 5.89 Å². The number of benzene rings is 4. The topological polar surface area (TPSA) is 34.8 Å². The molecule has 0 radical (unpaired) electrons. The van der Waals surface area contributed by atoms with E-state index in [1.165, 1.54) is 27.7 Å². The summed E-state index contributed by atoms with van der Waals surface area (Å²) < 4.78 is 10.9. The van der Waals surface area contributed by atoms with Crippen molar-refractivity contribution >= 4 is 22.1 Å². The van der Waals surface area contributed by atoms with Gasteiger partial charge in [-0.2, -0.15) is 0 Å². The Balaban J connectivity index is 1.56. The first-order chi connectivity index (χ1) is 16.9. The number of oxazole rings is 1. The van der Waals surface area contributed by atoms with Crippen molar-refractivity contribution in [3.05, 3.63) is 95.6 Å². The zero-order valence-corrected chi connectivity index (χ0v) is 20.8. The van der Waals surface area contributed by atoms with Crippen molar-refractivity contribution in [2.75, 3.05) is 0 Å². The van der Waals surface area contributed by atoms with E-state index in [4.69, 9.17) is 9.40 Å². The number of hydrogen-bond donors (Lipinski definition) is 0. The van der Waals surface area contributed by atoms with E-state index in [1.54, 1.807) is 0 Å². The highest BCUT2D eigenvalue weighted by Gasteiger charge is 2.27. The lowest BCUT2D eigenvalue weighted by molar-refractivity contribution is -0.634. The average Bonchev–Trinajstić information content (AvgIpc) is 3.39. The van der Waals surface area contributed by atoms with Gasteiger partial charge in [0.25, 0.3) is 5.82 Å². The van der Waals surface area contributed by atoms with Crippen molar-refractivity contribution in [1.29, 1.82) is 0 Å². The van der Waals surface area contributed by atoms with Crippen molar-refractivity contribution in [2.45, 2.75) is 20.8 Å². The van der Waals surface area contributed by atoms with Gasteiger partial charge < -0.3 is 4.42 Å². The van der Waals surface area contributed by atoms with E-state index in [-0.39, 0.29) is 0 Å². The zero-order chi connectivity index (χ0) is 24.3. The van der Waals surface area contributed by atoms with Gasteiger partial charge in [0, 0.05) is 5.56 Å². The lowest BCUT2D eigenvalue weighted by Crippen LogP contribution is -2.30. The van der Waals surface area contributed by atoms with Crippen molar-refractivity contribution in [1.82, 2.24) is 9.55 Å². The molecule has 2 heterocycles. The number of fused-ring (bicyclic) bond motifs is 2. The Morgan fingerprint density at radius 2 is 1.43 bits per heavy atom. The fraction of sp³-hybridized carbons (Fsp3) is 0.161. The Bertz CT molecular complexity index is 1680. The van der Waals surface area contributed by atoms with E-state index in [9.17, 15) is 0 Å². The summed E-state index contributed by atoms with van der Waals surface area (Å²) in [5.41, 5.74) is 12.1. The number of hydrogen-bond acceptors (Lipinski definition) is 2. The predicted octanol–water partition coefficient (Wildman–Crippen LogP) is 7.07. The van der Waals surface area contributed by atoms with E-state index in [0.717, 1.165) is 39.2 Å². The summed E-state index contributed by atoms with van der Waals surface area (Å²) in [4.78, 5) is 5.10. The monoisotopic (exact) mass is 458 g/mol. The molecule has 4 heteroatoms. The van der Waals surface area contributed by atoms with Crippen LogP contribution in [0, 0.1) is 20.8 Å². The molecule has 2 aromatic heterocycles. The standard InChI is InChI=1S/C31H28N3O/c1-19-15-16-26-29(28(19)31-33(4)24-13-9-10-14-25(24)34(31)5)32-30(35-26)27-20(2)17-23(18-21(27)3)22-11-7-6-8-12-22/h6-18H,1-5H3/q+1. The van der Waals surface area contributed by atoms with Crippen molar-refractivity contribution < 1.29 is 8.98 Å². The van der Waals surface area contributed by atoms with Gasteiger partial charge in [-0.05, 0) is 66.8 Å². The minimum atomic E-state index is 0.669. The van der Waals surface area contributed by atoms with Crippen LogP contribution < -0.4 is 4.57 Å². The maximum Gasteiger partial charge on any atom is 0.292 e. The molecule has 6 rings (SSSR count). The van der Waals surface area contributed by atoms with Gasteiger partial charge in [0.2, 0.25) is 5.89 Å². The summed E-state index contributed by atoms with van der Waals surface area (Å²) in [6.07, 6.45) is 0. The summed E-state index contributed by atoms with van der Waals surface area (Å²) >= 11 is 0. The summed E-state index contributed by atoms with van der Waals surface area (Å²) in [6, 6.07) is 27.6. The van der Waals surface area contributed by atoms with Gasteiger partial charge in [-0.15, -0.1) is 0 Å². The molecule has 0 atom stereocenters. The summed E-state index contributed by atoms with van der Waals surface area (Å²) in [5, 5.41) is 0. The van der Waals surface area contributed by atoms with E-state index in [2.05, 4.69) is 111 Å². The molecule has 0 aliphatic carbocycles. The maximum absolute atomic E-state index is 6.40. The maximum atomic E-state index is 6.40. The largest absolute Gasteiger partial charge is 0.436 e. The lowest BCUT2D eigenvalue weighted by Gasteiger charge is -2.10. The quantitative estimate of drug-likeness (QED) is 0.266. The molecule has 172 valence electrons. The molecule has 0 unspecified atom stereocenters. The molecule has 0 bridgehead atoms. The minimum absolute atomic E-state index is 0.669. The third kappa shape index (κ3) is 3.28. The predicted molar refractivity (Wildman–Crippen MR) is 142 cm³/mol. The SMILES string of the molecule is Cc1cc(-c2ccccc2)cc(C)c1-c1nc2c(-c3n(C)c4ccccc4[n+]3C)c(C)ccc2o1.